The van der Waals surface area contributed by atoms with Crippen molar-refractivity contribution < 1.29 is 19.4 Å². The van der Waals surface area contributed by atoms with E-state index in [-0.39, 0.29) is 18.0 Å². The van der Waals surface area contributed by atoms with Crippen LogP contribution in [0.25, 0.3) is 0 Å². The van der Waals surface area contributed by atoms with Gasteiger partial charge in [0.05, 0.1) is 5.60 Å². The van der Waals surface area contributed by atoms with Crippen LogP contribution in [0.1, 0.15) is 49.7 Å². The Kier molecular flexibility index (Phi) is 8.88. The van der Waals surface area contributed by atoms with Gasteiger partial charge in [-0.3, -0.25) is 0 Å². The predicted octanol–water partition coefficient (Wildman–Crippen LogP) is 4.66. The van der Waals surface area contributed by atoms with Gasteiger partial charge in [0.2, 0.25) is 0 Å². The number of rotatable bonds is 9. The molecule has 2 aromatic carbocycles. The molecule has 2 aromatic rings. The van der Waals surface area contributed by atoms with Gasteiger partial charge in [-0.25, -0.2) is 4.79 Å². The molecule has 7 heteroatoms. The molecule has 0 aliphatic carbocycles. The van der Waals surface area contributed by atoms with Crippen molar-refractivity contribution in [2.45, 2.75) is 57.1 Å². The molecule has 4 rings (SSSR count). The average molecular weight is 496 g/mol. The minimum atomic E-state index is -1.13. The van der Waals surface area contributed by atoms with Crippen molar-refractivity contribution in [3.8, 4) is 11.5 Å². The van der Waals surface area contributed by atoms with Crippen LogP contribution in [0.4, 0.5) is 4.79 Å². The highest BCUT2D eigenvalue weighted by Gasteiger charge is 2.43. The lowest BCUT2D eigenvalue weighted by Gasteiger charge is -2.44. The summed E-state index contributed by atoms with van der Waals surface area (Å²) in [6, 6.07) is 15.8. The third kappa shape index (κ3) is 6.02. The zero-order chi connectivity index (χ0) is 25.5. The first-order chi connectivity index (χ1) is 17.4. The number of benzene rings is 2. The topological polar surface area (TPSA) is 88.3 Å². The molecule has 7 nitrogen and oxygen atoms in total. The smallest absolute Gasteiger partial charge is 0.320 e. The largest absolute Gasteiger partial charge is 0.457 e. The number of amides is 2. The molecule has 2 aliphatic rings. The number of methoxy groups -OCH3 is 1. The van der Waals surface area contributed by atoms with E-state index in [4.69, 9.17) is 15.2 Å². The lowest BCUT2D eigenvalue weighted by atomic mass is 9.73. The quantitative estimate of drug-likeness (QED) is 0.494. The van der Waals surface area contributed by atoms with Gasteiger partial charge in [0.15, 0.2) is 0 Å². The van der Waals surface area contributed by atoms with E-state index in [1.54, 1.807) is 7.11 Å². The van der Waals surface area contributed by atoms with Crippen molar-refractivity contribution in [2.24, 2.45) is 11.7 Å². The lowest BCUT2D eigenvalue weighted by molar-refractivity contribution is -0.0586. The van der Waals surface area contributed by atoms with Gasteiger partial charge < -0.3 is 30.1 Å². The zero-order valence-electron chi connectivity index (χ0n) is 21.7. The number of carbonyl (C=O) groups excluding carboxylic acids is 1. The number of aryl methyl sites for hydroxylation is 1. The molecule has 196 valence electrons. The number of likely N-dealkylation sites (tertiary alicyclic amines) is 2. The van der Waals surface area contributed by atoms with Gasteiger partial charge in [0, 0.05) is 57.4 Å². The van der Waals surface area contributed by atoms with Crippen LogP contribution < -0.4 is 10.5 Å². The summed E-state index contributed by atoms with van der Waals surface area (Å²) in [5, 5.41) is 12.4. The fourth-order valence-corrected chi connectivity index (χ4v) is 5.60. The molecule has 0 saturated carbocycles. The molecule has 3 atom stereocenters. The maximum absolute atomic E-state index is 13.3. The van der Waals surface area contributed by atoms with Crippen molar-refractivity contribution in [1.29, 1.82) is 0 Å². The highest BCUT2D eigenvalue weighted by Crippen LogP contribution is 2.44. The van der Waals surface area contributed by atoms with Crippen LogP contribution in [-0.2, 0) is 10.3 Å². The third-order valence-electron chi connectivity index (χ3n) is 7.69. The molecule has 36 heavy (non-hydrogen) atoms. The molecule has 0 aromatic heterocycles. The summed E-state index contributed by atoms with van der Waals surface area (Å²) in [7, 11) is 1.70. The minimum Gasteiger partial charge on any atom is -0.457 e. The number of hydrogen-bond acceptors (Lipinski definition) is 5. The first kappa shape index (κ1) is 26.5. The van der Waals surface area contributed by atoms with E-state index in [9.17, 15) is 9.90 Å². The van der Waals surface area contributed by atoms with E-state index < -0.39 is 5.60 Å². The van der Waals surface area contributed by atoms with Crippen molar-refractivity contribution in [3.05, 3.63) is 59.7 Å². The van der Waals surface area contributed by atoms with E-state index in [2.05, 4.69) is 0 Å². The van der Waals surface area contributed by atoms with Crippen LogP contribution in [0, 0.1) is 12.8 Å². The van der Waals surface area contributed by atoms with Crippen molar-refractivity contribution in [3.63, 3.8) is 0 Å². The average Bonchev–Trinajstić information content (AvgIpc) is 3.34. The number of ether oxygens (including phenoxy) is 2. The molecular formula is C29H41N3O4. The number of aliphatic hydroxyl groups is 1. The van der Waals surface area contributed by atoms with Crippen LogP contribution in [-0.4, -0.2) is 66.9 Å². The Hall–Kier alpha value is -2.61. The first-order valence-corrected chi connectivity index (χ1v) is 13.3. The van der Waals surface area contributed by atoms with E-state index in [1.165, 1.54) is 0 Å². The molecule has 0 bridgehead atoms. The van der Waals surface area contributed by atoms with Crippen molar-refractivity contribution >= 4 is 6.03 Å². The molecule has 0 spiro atoms. The molecule has 3 N–H and O–H groups in total. The maximum atomic E-state index is 13.3. The fourth-order valence-electron chi connectivity index (χ4n) is 5.60. The Morgan fingerprint density at radius 3 is 2.47 bits per heavy atom. The Bertz CT molecular complexity index is 1020. The second-order valence-electron chi connectivity index (χ2n) is 10.3. The Morgan fingerprint density at radius 2 is 1.75 bits per heavy atom. The molecule has 0 unspecified atom stereocenters. The molecule has 2 aliphatic heterocycles. The molecule has 2 fully saturated rings. The number of unbranched alkanes of at least 4 members (excludes halogenated alkanes) is 1. The summed E-state index contributed by atoms with van der Waals surface area (Å²) < 4.78 is 11.6. The Labute approximate surface area is 215 Å². The maximum Gasteiger partial charge on any atom is 0.320 e. The van der Waals surface area contributed by atoms with E-state index >= 15 is 0 Å². The van der Waals surface area contributed by atoms with Gasteiger partial charge in [0.25, 0.3) is 0 Å². The number of hydrogen-bond donors (Lipinski definition) is 2. The summed E-state index contributed by atoms with van der Waals surface area (Å²) in [6.07, 6.45) is 4.80. The highest BCUT2D eigenvalue weighted by atomic mass is 16.5. The van der Waals surface area contributed by atoms with Gasteiger partial charge in [-0.2, -0.15) is 0 Å². The second kappa shape index (κ2) is 12.1. The number of para-hydroxylation sites is 2. The number of nitrogens with two attached hydrogens (primary N) is 1. The van der Waals surface area contributed by atoms with Crippen molar-refractivity contribution in [1.82, 2.24) is 9.80 Å². The van der Waals surface area contributed by atoms with Crippen molar-refractivity contribution in [2.75, 3.05) is 39.9 Å². The van der Waals surface area contributed by atoms with Crippen LogP contribution in [0.15, 0.2) is 48.5 Å². The fraction of sp³-hybridized carbons (Fsp3) is 0.552. The summed E-state index contributed by atoms with van der Waals surface area (Å²) in [6.45, 7) is 5.21. The minimum absolute atomic E-state index is 0.0406. The van der Waals surface area contributed by atoms with Gasteiger partial charge >= 0.3 is 6.03 Å². The third-order valence-corrected chi connectivity index (χ3v) is 7.69. The molecule has 0 radical (unpaired) electrons. The number of urea groups is 1. The summed E-state index contributed by atoms with van der Waals surface area (Å²) in [5.41, 5.74) is 6.75. The number of piperidine rings is 1. The summed E-state index contributed by atoms with van der Waals surface area (Å²) >= 11 is 0. The van der Waals surface area contributed by atoms with Crippen LogP contribution in [0.3, 0.4) is 0 Å². The van der Waals surface area contributed by atoms with E-state index in [0.717, 1.165) is 49.0 Å². The number of nitrogens with zero attached hydrogens (tertiary/aromatic N) is 2. The van der Waals surface area contributed by atoms with Gasteiger partial charge in [-0.05, 0) is 63.1 Å². The van der Waals surface area contributed by atoms with Gasteiger partial charge in [-0.15, -0.1) is 0 Å². The van der Waals surface area contributed by atoms with Crippen LogP contribution in [0.2, 0.25) is 0 Å². The molecule has 2 amide bonds. The summed E-state index contributed by atoms with van der Waals surface area (Å²) in [5.74, 6) is 1.34. The number of carbonyl (C=O) groups is 1. The SMILES string of the molecule is COCCCC[C@@](O)(c1ccccc1Oc1ccccc1C)[C@@H]1CCCN(C(=O)N2CC[C@H](N)C2)C1. The van der Waals surface area contributed by atoms with E-state index in [0.29, 0.717) is 45.0 Å². The molecular weight excluding hydrogens is 454 g/mol. The monoisotopic (exact) mass is 495 g/mol. The predicted molar refractivity (Wildman–Crippen MR) is 141 cm³/mol. The van der Waals surface area contributed by atoms with Crippen LogP contribution >= 0.6 is 0 Å². The van der Waals surface area contributed by atoms with E-state index in [1.807, 2.05) is 65.3 Å². The standard InChI is InChI=1S/C29H41N3O4/c1-22-10-3-5-13-26(22)36-27-14-6-4-12-25(27)29(34,16-7-8-19-35-2)23-11-9-17-31(20-23)28(33)32-18-15-24(30)21-32/h3-6,10,12-14,23-24,34H,7-9,11,15-21,30H2,1-2H3/t23-,24+,29+/m1/s1. The normalized spacial score (nSPS) is 21.9. The zero-order valence-corrected chi connectivity index (χ0v) is 21.7. The van der Waals surface area contributed by atoms with Gasteiger partial charge in [0.1, 0.15) is 11.5 Å². The Balaban J connectivity index is 1.61. The highest BCUT2D eigenvalue weighted by molar-refractivity contribution is 5.75. The molecule has 2 saturated heterocycles. The van der Waals surface area contributed by atoms with Crippen LogP contribution in [0.5, 0.6) is 11.5 Å². The lowest BCUT2D eigenvalue weighted by Crippen LogP contribution is -2.51. The van der Waals surface area contributed by atoms with Gasteiger partial charge in [-0.1, -0.05) is 36.4 Å². The Morgan fingerprint density at radius 1 is 1.03 bits per heavy atom. The second-order valence-corrected chi connectivity index (χ2v) is 10.3. The summed E-state index contributed by atoms with van der Waals surface area (Å²) in [4.78, 5) is 17.0. The first-order valence-electron chi connectivity index (χ1n) is 13.3. The molecule has 2 heterocycles.